The van der Waals surface area contributed by atoms with Crippen molar-refractivity contribution in [1.29, 1.82) is 0 Å². The third-order valence-electron chi connectivity index (χ3n) is 6.52. The Morgan fingerprint density at radius 2 is 1.61 bits per heavy atom. The van der Waals surface area contributed by atoms with Crippen molar-refractivity contribution in [2.75, 3.05) is 6.61 Å². The summed E-state index contributed by atoms with van der Waals surface area (Å²) in [6, 6.07) is 15.9. The SMILES string of the molecule is CCOc1ccc(C2CCC(/C=C/c3ccc(-c4ccc(C)cc4)c(F)c3F)CC2)cc1F. The Morgan fingerprint density at radius 1 is 0.879 bits per heavy atom. The largest absolute Gasteiger partial charge is 0.491 e. The Labute approximate surface area is 193 Å². The zero-order valence-corrected chi connectivity index (χ0v) is 19.1. The van der Waals surface area contributed by atoms with Crippen molar-refractivity contribution in [3.8, 4) is 16.9 Å². The van der Waals surface area contributed by atoms with Crippen LogP contribution in [0.4, 0.5) is 13.2 Å². The molecule has 0 aliphatic heterocycles. The van der Waals surface area contributed by atoms with Crippen LogP contribution in [0, 0.1) is 30.3 Å². The average molecular weight is 451 g/mol. The summed E-state index contributed by atoms with van der Waals surface area (Å²) in [6.07, 6.45) is 7.41. The first-order valence-corrected chi connectivity index (χ1v) is 11.6. The maximum absolute atomic E-state index is 14.7. The molecule has 0 amide bonds. The lowest BCUT2D eigenvalue weighted by atomic mass is 9.78. The molecule has 0 heterocycles. The second kappa shape index (κ2) is 10.3. The fraction of sp³-hybridized carbons (Fsp3) is 0.310. The highest BCUT2D eigenvalue weighted by Crippen LogP contribution is 2.38. The van der Waals surface area contributed by atoms with Crippen LogP contribution < -0.4 is 4.74 Å². The molecule has 3 aromatic rings. The number of aryl methyl sites for hydroxylation is 1. The maximum atomic E-state index is 14.7. The van der Waals surface area contributed by atoms with Crippen LogP contribution in [0.1, 0.15) is 55.2 Å². The van der Waals surface area contributed by atoms with Gasteiger partial charge in [-0.05, 0) is 74.6 Å². The zero-order chi connectivity index (χ0) is 23.4. The summed E-state index contributed by atoms with van der Waals surface area (Å²) in [5, 5.41) is 0. The lowest BCUT2D eigenvalue weighted by Gasteiger charge is -2.27. The van der Waals surface area contributed by atoms with Crippen LogP contribution >= 0.6 is 0 Å². The Morgan fingerprint density at radius 3 is 2.27 bits per heavy atom. The number of ether oxygens (including phenoxy) is 1. The molecule has 0 N–H and O–H groups in total. The fourth-order valence-electron chi connectivity index (χ4n) is 4.58. The van der Waals surface area contributed by atoms with E-state index in [0.29, 0.717) is 29.8 Å². The summed E-state index contributed by atoms with van der Waals surface area (Å²) in [6.45, 7) is 4.23. The minimum atomic E-state index is -0.817. The van der Waals surface area contributed by atoms with Crippen LogP contribution in [0.25, 0.3) is 17.2 Å². The number of hydrogen-bond acceptors (Lipinski definition) is 1. The van der Waals surface area contributed by atoms with Crippen molar-refractivity contribution in [3.63, 3.8) is 0 Å². The predicted octanol–water partition coefficient (Wildman–Crippen LogP) is 8.47. The van der Waals surface area contributed by atoms with Crippen LogP contribution in [0.2, 0.25) is 0 Å². The summed E-state index contributed by atoms with van der Waals surface area (Å²) >= 11 is 0. The molecule has 4 rings (SSSR count). The number of halogens is 3. The van der Waals surface area contributed by atoms with Crippen molar-refractivity contribution < 1.29 is 17.9 Å². The van der Waals surface area contributed by atoms with E-state index in [9.17, 15) is 13.2 Å². The summed E-state index contributed by atoms with van der Waals surface area (Å²) in [5.74, 6) is -1.05. The molecule has 1 fully saturated rings. The van der Waals surface area contributed by atoms with Gasteiger partial charge in [-0.1, -0.05) is 60.2 Å². The molecule has 3 aromatic carbocycles. The lowest BCUT2D eigenvalue weighted by Crippen LogP contribution is -2.12. The number of benzene rings is 3. The molecule has 4 heteroatoms. The van der Waals surface area contributed by atoms with Gasteiger partial charge >= 0.3 is 0 Å². The number of rotatable bonds is 6. The highest BCUT2D eigenvalue weighted by molar-refractivity contribution is 5.67. The summed E-state index contributed by atoms with van der Waals surface area (Å²) in [4.78, 5) is 0. The van der Waals surface area contributed by atoms with Crippen molar-refractivity contribution in [2.45, 2.75) is 45.4 Å². The minimum Gasteiger partial charge on any atom is -0.491 e. The Bertz CT molecular complexity index is 1130. The van der Waals surface area contributed by atoms with Crippen molar-refractivity contribution in [3.05, 3.63) is 94.8 Å². The zero-order valence-electron chi connectivity index (χ0n) is 19.1. The molecule has 0 radical (unpaired) electrons. The molecule has 33 heavy (non-hydrogen) atoms. The lowest BCUT2D eigenvalue weighted by molar-refractivity contribution is 0.320. The molecular formula is C29H29F3O. The van der Waals surface area contributed by atoms with E-state index in [-0.39, 0.29) is 16.9 Å². The highest BCUT2D eigenvalue weighted by Gasteiger charge is 2.22. The van der Waals surface area contributed by atoms with Gasteiger partial charge in [0, 0.05) is 11.1 Å². The van der Waals surface area contributed by atoms with Crippen LogP contribution in [0.3, 0.4) is 0 Å². The Hall–Kier alpha value is -3.01. The van der Waals surface area contributed by atoms with E-state index in [1.165, 1.54) is 0 Å². The molecule has 0 aromatic heterocycles. The molecule has 172 valence electrons. The van der Waals surface area contributed by atoms with Gasteiger partial charge in [0.05, 0.1) is 6.61 Å². The highest BCUT2D eigenvalue weighted by atomic mass is 19.2. The Kier molecular flexibility index (Phi) is 7.22. The molecule has 1 saturated carbocycles. The monoisotopic (exact) mass is 450 g/mol. The summed E-state index contributed by atoms with van der Waals surface area (Å²) < 4.78 is 48.9. The topological polar surface area (TPSA) is 9.23 Å². The molecule has 0 saturated heterocycles. The van der Waals surface area contributed by atoms with Gasteiger partial charge in [-0.25, -0.2) is 13.2 Å². The van der Waals surface area contributed by atoms with E-state index in [1.807, 2.05) is 38.1 Å². The summed E-state index contributed by atoms with van der Waals surface area (Å²) in [5.41, 5.74) is 3.27. The third-order valence-corrected chi connectivity index (χ3v) is 6.52. The van der Waals surface area contributed by atoms with Gasteiger partial charge < -0.3 is 4.74 Å². The van der Waals surface area contributed by atoms with Gasteiger partial charge in [-0.3, -0.25) is 0 Å². The molecule has 1 aliphatic carbocycles. The van der Waals surface area contributed by atoms with E-state index >= 15 is 0 Å². The first-order valence-electron chi connectivity index (χ1n) is 11.6. The van der Waals surface area contributed by atoms with E-state index in [1.54, 1.807) is 42.5 Å². The molecule has 0 spiro atoms. The van der Waals surface area contributed by atoms with E-state index in [0.717, 1.165) is 36.8 Å². The third kappa shape index (κ3) is 5.32. The van der Waals surface area contributed by atoms with Gasteiger partial charge in [0.25, 0.3) is 0 Å². The van der Waals surface area contributed by atoms with Crippen LogP contribution in [0.5, 0.6) is 5.75 Å². The molecule has 1 nitrogen and oxygen atoms in total. The minimum absolute atomic E-state index is 0.263. The van der Waals surface area contributed by atoms with Crippen molar-refractivity contribution in [2.24, 2.45) is 5.92 Å². The van der Waals surface area contributed by atoms with Gasteiger partial charge in [-0.15, -0.1) is 0 Å². The predicted molar refractivity (Wildman–Crippen MR) is 128 cm³/mol. The Balaban J connectivity index is 1.40. The quantitative estimate of drug-likeness (QED) is 0.366. The standard InChI is InChI=1S/C29H29F3O/c1-3-33-27-17-15-24(18-26(27)30)21-11-6-20(7-12-21)8-13-23-14-16-25(29(32)28(23)31)22-9-4-19(2)5-10-22/h4-5,8-10,13-18,20-21H,3,6-7,11-12H2,1-2H3/b13-8+. The second-order valence-electron chi connectivity index (χ2n) is 8.79. The van der Waals surface area contributed by atoms with Crippen LogP contribution in [-0.2, 0) is 0 Å². The van der Waals surface area contributed by atoms with Crippen LogP contribution in [0.15, 0.2) is 60.7 Å². The average Bonchev–Trinajstić information content (AvgIpc) is 2.82. The number of hydrogen-bond donors (Lipinski definition) is 0. The van der Waals surface area contributed by atoms with Gasteiger partial charge in [0.15, 0.2) is 23.2 Å². The molecule has 0 atom stereocenters. The smallest absolute Gasteiger partial charge is 0.167 e. The van der Waals surface area contributed by atoms with Gasteiger partial charge in [-0.2, -0.15) is 0 Å². The molecule has 0 unspecified atom stereocenters. The molecule has 0 bridgehead atoms. The molecule has 1 aliphatic rings. The first kappa shape index (κ1) is 23.2. The summed E-state index contributed by atoms with van der Waals surface area (Å²) in [7, 11) is 0. The van der Waals surface area contributed by atoms with E-state index in [2.05, 4.69) is 0 Å². The van der Waals surface area contributed by atoms with Gasteiger partial charge in [0.1, 0.15) is 0 Å². The van der Waals surface area contributed by atoms with Crippen molar-refractivity contribution >= 4 is 6.08 Å². The van der Waals surface area contributed by atoms with Crippen LogP contribution in [-0.4, -0.2) is 6.61 Å². The maximum Gasteiger partial charge on any atom is 0.167 e. The fourth-order valence-corrected chi connectivity index (χ4v) is 4.58. The first-order chi connectivity index (χ1) is 16.0. The molecular weight excluding hydrogens is 421 g/mol. The van der Waals surface area contributed by atoms with Crippen molar-refractivity contribution in [1.82, 2.24) is 0 Å². The van der Waals surface area contributed by atoms with Gasteiger partial charge in [0.2, 0.25) is 0 Å². The second-order valence-corrected chi connectivity index (χ2v) is 8.79. The normalized spacial score (nSPS) is 18.6. The number of allylic oxidation sites excluding steroid dienone is 1. The van der Waals surface area contributed by atoms with E-state index in [4.69, 9.17) is 4.74 Å². The van der Waals surface area contributed by atoms with E-state index < -0.39 is 11.6 Å².